The van der Waals surface area contributed by atoms with E-state index in [9.17, 15) is 0 Å². The molecule has 3 aromatic rings. The van der Waals surface area contributed by atoms with Gasteiger partial charge in [0.15, 0.2) is 4.77 Å². The minimum Gasteiger partial charge on any atom is -0.330 e. The van der Waals surface area contributed by atoms with E-state index in [4.69, 9.17) is 35.4 Å². The van der Waals surface area contributed by atoms with Crippen molar-refractivity contribution < 1.29 is 0 Å². The van der Waals surface area contributed by atoms with Crippen molar-refractivity contribution in [3.8, 4) is 16.9 Å². The lowest BCUT2D eigenvalue weighted by Gasteiger charge is -2.02. The van der Waals surface area contributed by atoms with Crippen molar-refractivity contribution in [3.05, 3.63) is 69.5 Å². The number of benzene rings is 2. The van der Waals surface area contributed by atoms with Gasteiger partial charge in [-0.05, 0) is 48.1 Å². The first-order chi connectivity index (χ1) is 9.63. The predicted molar refractivity (Wildman–Crippen MR) is 86.4 cm³/mol. The van der Waals surface area contributed by atoms with Crippen LogP contribution in [0.4, 0.5) is 0 Å². The van der Waals surface area contributed by atoms with Crippen molar-refractivity contribution in [2.75, 3.05) is 0 Å². The van der Waals surface area contributed by atoms with Gasteiger partial charge in [-0.2, -0.15) is 0 Å². The zero-order valence-corrected chi connectivity index (χ0v) is 12.6. The smallest absolute Gasteiger partial charge is 0.182 e. The number of hydrogen-bond acceptors (Lipinski definition) is 1. The maximum Gasteiger partial charge on any atom is 0.182 e. The largest absolute Gasteiger partial charge is 0.330 e. The SMILES string of the molecule is S=c1[nH]c(-c2ccc(Cl)cc2)cn1-c1cccc(Cl)c1. The van der Waals surface area contributed by atoms with Gasteiger partial charge in [-0.3, -0.25) is 4.57 Å². The number of aromatic amines is 1. The maximum atomic E-state index is 6.02. The third-order valence-corrected chi connectivity index (χ3v) is 3.75. The number of nitrogens with one attached hydrogen (secondary N) is 1. The molecule has 100 valence electrons. The van der Waals surface area contributed by atoms with Crippen molar-refractivity contribution in [2.45, 2.75) is 0 Å². The Balaban J connectivity index is 2.07. The molecule has 0 aliphatic rings. The zero-order chi connectivity index (χ0) is 14.1. The van der Waals surface area contributed by atoms with Crippen LogP contribution in [-0.2, 0) is 0 Å². The van der Waals surface area contributed by atoms with Crippen LogP contribution in [0.25, 0.3) is 16.9 Å². The van der Waals surface area contributed by atoms with Gasteiger partial charge in [0, 0.05) is 21.9 Å². The molecule has 20 heavy (non-hydrogen) atoms. The molecule has 1 N–H and O–H groups in total. The van der Waals surface area contributed by atoms with Crippen molar-refractivity contribution in [3.63, 3.8) is 0 Å². The summed E-state index contributed by atoms with van der Waals surface area (Å²) >= 11 is 17.3. The van der Waals surface area contributed by atoms with Crippen LogP contribution in [0, 0.1) is 4.77 Å². The molecule has 0 spiro atoms. The third kappa shape index (κ3) is 2.66. The molecular formula is C15H10Cl2N2S. The molecule has 0 saturated carbocycles. The first-order valence-corrected chi connectivity index (χ1v) is 7.13. The number of nitrogens with zero attached hydrogens (tertiary/aromatic N) is 1. The van der Waals surface area contributed by atoms with E-state index in [1.165, 1.54) is 0 Å². The van der Waals surface area contributed by atoms with Crippen LogP contribution in [-0.4, -0.2) is 9.55 Å². The highest BCUT2D eigenvalue weighted by atomic mass is 35.5. The van der Waals surface area contributed by atoms with Gasteiger partial charge < -0.3 is 4.98 Å². The van der Waals surface area contributed by atoms with E-state index in [1.54, 1.807) is 0 Å². The molecule has 0 saturated heterocycles. The standard InChI is InChI=1S/C15H10Cl2N2S/c16-11-6-4-10(5-7-11)14-9-19(15(20)18-14)13-3-1-2-12(17)8-13/h1-9H,(H,18,20). The van der Waals surface area contributed by atoms with E-state index in [0.29, 0.717) is 14.8 Å². The van der Waals surface area contributed by atoms with Crippen LogP contribution in [0.15, 0.2) is 54.7 Å². The Hall–Kier alpha value is -1.55. The maximum absolute atomic E-state index is 6.02. The normalized spacial score (nSPS) is 10.7. The van der Waals surface area contributed by atoms with Crippen LogP contribution >= 0.6 is 35.4 Å². The molecule has 0 aliphatic carbocycles. The number of rotatable bonds is 2. The Morgan fingerprint density at radius 3 is 2.40 bits per heavy atom. The molecular weight excluding hydrogens is 311 g/mol. The van der Waals surface area contributed by atoms with Crippen LogP contribution in [0.1, 0.15) is 0 Å². The monoisotopic (exact) mass is 320 g/mol. The van der Waals surface area contributed by atoms with E-state index in [1.807, 2.05) is 59.3 Å². The lowest BCUT2D eigenvalue weighted by atomic mass is 10.2. The number of hydrogen-bond donors (Lipinski definition) is 1. The summed E-state index contributed by atoms with van der Waals surface area (Å²) in [5.41, 5.74) is 2.90. The highest BCUT2D eigenvalue weighted by Crippen LogP contribution is 2.23. The first kappa shape index (κ1) is 13.4. The quantitative estimate of drug-likeness (QED) is 0.617. The van der Waals surface area contributed by atoms with Gasteiger partial charge in [-0.25, -0.2) is 0 Å². The number of imidazole rings is 1. The summed E-state index contributed by atoms with van der Waals surface area (Å²) in [6.07, 6.45) is 1.96. The summed E-state index contributed by atoms with van der Waals surface area (Å²) in [6, 6.07) is 15.2. The van der Waals surface area contributed by atoms with Gasteiger partial charge in [0.05, 0.1) is 5.69 Å². The molecule has 0 atom stereocenters. The second kappa shape index (κ2) is 5.44. The lowest BCUT2D eigenvalue weighted by molar-refractivity contribution is 1.03. The number of aromatic nitrogens is 2. The van der Waals surface area contributed by atoms with Crippen LogP contribution in [0.2, 0.25) is 10.0 Å². The van der Waals surface area contributed by atoms with Crippen LogP contribution < -0.4 is 0 Å². The van der Waals surface area contributed by atoms with Gasteiger partial charge in [0.25, 0.3) is 0 Å². The molecule has 5 heteroatoms. The molecule has 0 amide bonds. The number of halogens is 2. The summed E-state index contributed by atoms with van der Waals surface area (Å²) < 4.78 is 2.52. The van der Waals surface area contributed by atoms with Crippen molar-refractivity contribution in [1.29, 1.82) is 0 Å². The van der Waals surface area contributed by atoms with Crippen molar-refractivity contribution in [2.24, 2.45) is 0 Å². The molecule has 0 aliphatic heterocycles. The Bertz CT molecular complexity index is 803. The minimum absolute atomic E-state index is 0.622. The van der Waals surface area contributed by atoms with Crippen molar-refractivity contribution >= 4 is 35.4 Å². The van der Waals surface area contributed by atoms with E-state index in [-0.39, 0.29) is 0 Å². The van der Waals surface area contributed by atoms with Gasteiger partial charge in [0.1, 0.15) is 0 Å². The fourth-order valence-electron chi connectivity index (χ4n) is 1.99. The summed E-state index contributed by atoms with van der Waals surface area (Å²) in [4.78, 5) is 3.19. The Labute approximate surface area is 131 Å². The van der Waals surface area contributed by atoms with Gasteiger partial charge in [-0.15, -0.1) is 0 Å². The summed E-state index contributed by atoms with van der Waals surface area (Å²) in [5, 5.41) is 1.39. The predicted octanol–water partition coefficient (Wildman–Crippen LogP) is 5.51. The van der Waals surface area contributed by atoms with E-state index >= 15 is 0 Å². The third-order valence-electron chi connectivity index (χ3n) is 2.96. The molecule has 1 aromatic heterocycles. The minimum atomic E-state index is 0.622. The first-order valence-electron chi connectivity index (χ1n) is 5.97. The fraction of sp³-hybridized carbons (Fsp3) is 0. The molecule has 0 radical (unpaired) electrons. The Morgan fingerprint density at radius 1 is 0.950 bits per heavy atom. The highest BCUT2D eigenvalue weighted by Gasteiger charge is 2.05. The lowest BCUT2D eigenvalue weighted by Crippen LogP contribution is -1.91. The molecule has 0 unspecified atom stereocenters. The van der Waals surface area contributed by atoms with Crippen LogP contribution in [0.3, 0.4) is 0 Å². The summed E-state index contributed by atoms with van der Waals surface area (Å²) in [7, 11) is 0. The molecule has 3 rings (SSSR count). The Kier molecular flexibility index (Phi) is 3.66. The highest BCUT2D eigenvalue weighted by molar-refractivity contribution is 7.71. The van der Waals surface area contributed by atoms with E-state index in [2.05, 4.69) is 4.98 Å². The van der Waals surface area contributed by atoms with Gasteiger partial charge >= 0.3 is 0 Å². The summed E-state index contributed by atoms with van der Waals surface area (Å²) in [5.74, 6) is 0. The van der Waals surface area contributed by atoms with E-state index < -0.39 is 0 Å². The molecule has 0 fully saturated rings. The van der Waals surface area contributed by atoms with Gasteiger partial charge in [0.2, 0.25) is 0 Å². The second-order valence-electron chi connectivity index (χ2n) is 4.33. The molecule has 2 nitrogen and oxygen atoms in total. The average molecular weight is 321 g/mol. The zero-order valence-electron chi connectivity index (χ0n) is 10.3. The molecule has 0 bridgehead atoms. The Morgan fingerprint density at radius 2 is 1.70 bits per heavy atom. The summed E-state index contributed by atoms with van der Waals surface area (Å²) in [6.45, 7) is 0. The second-order valence-corrected chi connectivity index (χ2v) is 5.59. The van der Waals surface area contributed by atoms with E-state index in [0.717, 1.165) is 16.9 Å². The van der Waals surface area contributed by atoms with Crippen LogP contribution in [0.5, 0.6) is 0 Å². The number of H-pyrrole nitrogens is 1. The average Bonchev–Trinajstić information content (AvgIpc) is 2.82. The fourth-order valence-corrected chi connectivity index (χ4v) is 2.57. The topological polar surface area (TPSA) is 20.7 Å². The molecule has 1 heterocycles. The van der Waals surface area contributed by atoms with Crippen molar-refractivity contribution in [1.82, 2.24) is 9.55 Å². The van der Waals surface area contributed by atoms with Gasteiger partial charge in [-0.1, -0.05) is 41.4 Å². The molecule has 2 aromatic carbocycles.